The minimum Gasteiger partial charge on any atom is -0.496 e. The number of halogens is 1. The molecule has 0 atom stereocenters. The molecule has 0 unspecified atom stereocenters. The highest BCUT2D eigenvalue weighted by Gasteiger charge is 2.17. The molecule has 2 aromatic carbocycles. The number of nitrogens with zero attached hydrogens (tertiary/aromatic N) is 3. The summed E-state index contributed by atoms with van der Waals surface area (Å²) in [4.78, 5) is 14.6. The van der Waals surface area contributed by atoms with Gasteiger partial charge in [0.1, 0.15) is 5.75 Å². The molecule has 0 aliphatic heterocycles. The van der Waals surface area contributed by atoms with E-state index in [9.17, 15) is 4.79 Å². The molecular weight excluding hydrogens is 388 g/mol. The van der Waals surface area contributed by atoms with Crippen LogP contribution in [0.5, 0.6) is 5.75 Å². The fraction of sp³-hybridized carbons (Fsp3) is 0.273. The lowest BCUT2D eigenvalue weighted by Gasteiger charge is -2.18. The number of hydrogen-bond acceptors (Lipinski definition) is 4. The normalized spacial score (nSPS) is 11.0. The van der Waals surface area contributed by atoms with Crippen LogP contribution in [-0.2, 0) is 11.3 Å². The molecular formula is C22H25ClN4O2. The fourth-order valence-electron chi connectivity index (χ4n) is 3.29. The predicted octanol–water partition coefficient (Wildman–Crippen LogP) is 4.22. The van der Waals surface area contributed by atoms with Crippen LogP contribution in [0.2, 0.25) is 5.02 Å². The first kappa shape index (κ1) is 20.9. The van der Waals surface area contributed by atoms with Gasteiger partial charge in [0.25, 0.3) is 0 Å². The smallest absolute Gasteiger partial charge is 0.238 e. The van der Waals surface area contributed by atoms with Crippen molar-refractivity contribution in [2.24, 2.45) is 0 Å². The van der Waals surface area contributed by atoms with Crippen molar-refractivity contribution in [1.82, 2.24) is 14.7 Å². The Bertz CT molecular complexity index is 1000. The number of ether oxygens (including phenoxy) is 1. The van der Waals surface area contributed by atoms with Crippen molar-refractivity contribution in [1.29, 1.82) is 0 Å². The molecule has 1 aromatic heterocycles. The summed E-state index contributed by atoms with van der Waals surface area (Å²) in [5, 5.41) is 8.21. The van der Waals surface area contributed by atoms with Crippen LogP contribution in [0.15, 0.2) is 48.5 Å². The molecule has 1 amide bonds. The largest absolute Gasteiger partial charge is 0.496 e. The summed E-state index contributed by atoms with van der Waals surface area (Å²) in [5.74, 6) is 0.643. The Kier molecular flexibility index (Phi) is 6.56. The standard InChI is InChI=1S/C22H25ClN4O2/c1-15-22(16(2)27(25-15)19-8-6-5-7-9-19)24-21(28)14-26(3)13-17-12-18(23)10-11-20(17)29-4/h5-12H,13-14H2,1-4H3,(H,24,28). The van der Waals surface area contributed by atoms with E-state index in [1.54, 1.807) is 13.2 Å². The van der Waals surface area contributed by atoms with E-state index in [0.29, 0.717) is 11.6 Å². The lowest BCUT2D eigenvalue weighted by molar-refractivity contribution is -0.117. The van der Waals surface area contributed by atoms with Crippen molar-refractivity contribution in [3.63, 3.8) is 0 Å². The molecule has 29 heavy (non-hydrogen) atoms. The number of anilines is 1. The zero-order valence-corrected chi connectivity index (χ0v) is 17.8. The van der Waals surface area contributed by atoms with E-state index in [1.165, 1.54) is 0 Å². The summed E-state index contributed by atoms with van der Waals surface area (Å²) >= 11 is 6.10. The number of rotatable bonds is 7. The van der Waals surface area contributed by atoms with Gasteiger partial charge in [0.2, 0.25) is 5.91 Å². The quantitative estimate of drug-likeness (QED) is 0.631. The summed E-state index contributed by atoms with van der Waals surface area (Å²) in [5.41, 5.74) is 4.30. The van der Waals surface area contributed by atoms with Gasteiger partial charge in [0.05, 0.1) is 36.4 Å². The first-order valence-electron chi connectivity index (χ1n) is 9.31. The summed E-state index contributed by atoms with van der Waals surface area (Å²) in [7, 11) is 3.50. The number of carbonyl (C=O) groups is 1. The molecule has 6 nitrogen and oxygen atoms in total. The molecule has 0 saturated carbocycles. The Labute approximate surface area is 176 Å². The molecule has 0 aliphatic carbocycles. The van der Waals surface area contributed by atoms with Crippen molar-refractivity contribution in [3.8, 4) is 11.4 Å². The average molecular weight is 413 g/mol. The molecule has 1 N–H and O–H groups in total. The lowest BCUT2D eigenvalue weighted by atomic mass is 10.2. The van der Waals surface area contributed by atoms with Gasteiger partial charge in [-0.1, -0.05) is 29.8 Å². The first-order valence-corrected chi connectivity index (χ1v) is 9.69. The number of aromatic nitrogens is 2. The van der Waals surface area contributed by atoms with E-state index in [-0.39, 0.29) is 12.5 Å². The molecule has 0 spiro atoms. The maximum atomic E-state index is 12.6. The number of para-hydroxylation sites is 1. The molecule has 0 bridgehead atoms. The summed E-state index contributed by atoms with van der Waals surface area (Å²) in [6.07, 6.45) is 0. The molecule has 152 valence electrons. The Morgan fingerprint density at radius 2 is 1.93 bits per heavy atom. The van der Waals surface area contributed by atoms with Crippen LogP contribution >= 0.6 is 11.6 Å². The first-order chi connectivity index (χ1) is 13.9. The number of carbonyl (C=O) groups excluding carboxylic acids is 1. The van der Waals surface area contributed by atoms with Gasteiger partial charge in [0.15, 0.2) is 0 Å². The monoisotopic (exact) mass is 412 g/mol. The third-order valence-electron chi connectivity index (χ3n) is 4.65. The Hall–Kier alpha value is -2.83. The number of methoxy groups -OCH3 is 1. The van der Waals surface area contributed by atoms with Crippen molar-refractivity contribution >= 4 is 23.2 Å². The van der Waals surface area contributed by atoms with Crippen molar-refractivity contribution < 1.29 is 9.53 Å². The van der Waals surface area contributed by atoms with Gasteiger partial charge in [0, 0.05) is 17.1 Å². The van der Waals surface area contributed by atoms with Gasteiger partial charge in [-0.3, -0.25) is 9.69 Å². The van der Waals surface area contributed by atoms with Crippen molar-refractivity contribution in [3.05, 3.63) is 70.5 Å². The van der Waals surface area contributed by atoms with Crippen molar-refractivity contribution in [2.45, 2.75) is 20.4 Å². The molecule has 1 heterocycles. The molecule has 0 aliphatic rings. The topological polar surface area (TPSA) is 59.4 Å². The minimum atomic E-state index is -0.104. The highest BCUT2D eigenvalue weighted by molar-refractivity contribution is 6.30. The van der Waals surface area contributed by atoms with Gasteiger partial charge in [-0.05, 0) is 51.2 Å². The van der Waals surface area contributed by atoms with E-state index >= 15 is 0 Å². The molecule has 0 saturated heterocycles. The third-order valence-corrected chi connectivity index (χ3v) is 4.89. The Morgan fingerprint density at radius 3 is 2.62 bits per heavy atom. The lowest BCUT2D eigenvalue weighted by Crippen LogP contribution is -2.30. The van der Waals surface area contributed by atoms with E-state index in [4.69, 9.17) is 16.3 Å². The number of aryl methyl sites for hydroxylation is 1. The van der Waals surface area contributed by atoms with Crippen LogP contribution < -0.4 is 10.1 Å². The summed E-state index contributed by atoms with van der Waals surface area (Å²) in [6, 6.07) is 15.3. The van der Waals surface area contributed by atoms with Gasteiger partial charge >= 0.3 is 0 Å². The van der Waals surface area contributed by atoms with Crippen LogP contribution in [0.25, 0.3) is 5.69 Å². The Balaban J connectivity index is 1.68. The minimum absolute atomic E-state index is 0.104. The zero-order chi connectivity index (χ0) is 21.0. The maximum Gasteiger partial charge on any atom is 0.238 e. The van der Waals surface area contributed by atoms with Gasteiger partial charge in [-0.2, -0.15) is 5.10 Å². The number of nitrogens with one attached hydrogen (secondary N) is 1. The third kappa shape index (κ3) is 4.96. The second kappa shape index (κ2) is 9.11. The second-order valence-electron chi connectivity index (χ2n) is 6.97. The fourth-order valence-corrected chi connectivity index (χ4v) is 3.48. The highest BCUT2D eigenvalue weighted by atomic mass is 35.5. The van der Waals surface area contributed by atoms with E-state index in [2.05, 4.69) is 10.4 Å². The highest BCUT2D eigenvalue weighted by Crippen LogP contribution is 2.25. The van der Waals surface area contributed by atoms with Crippen LogP contribution in [0.4, 0.5) is 5.69 Å². The van der Waals surface area contributed by atoms with Crippen LogP contribution in [0, 0.1) is 13.8 Å². The molecule has 0 radical (unpaired) electrons. The Morgan fingerprint density at radius 1 is 1.21 bits per heavy atom. The van der Waals surface area contributed by atoms with Crippen LogP contribution in [-0.4, -0.2) is 41.3 Å². The predicted molar refractivity (Wildman–Crippen MR) is 116 cm³/mol. The number of likely N-dealkylation sites (N-methyl/N-ethyl adjacent to an activating group) is 1. The second-order valence-corrected chi connectivity index (χ2v) is 7.41. The number of benzene rings is 2. The molecule has 7 heteroatoms. The number of hydrogen-bond donors (Lipinski definition) is 1. The SMILES string of the molecule is COc1ccc(Cl)cc1CN(C)CC(=O)Nc1c(C)nn(-c2ccccc2)c1C. The van der Waals surface area contributed by atoms with Crippen molar-refractivity contribution in [2.75, 3.05) is 26.0 Å². The summed E-state index contributed by atoms with van der Waals surface area (Å²) < 4.78 is 7.22. The van der Waals surface area contributed by atoms with Crippen LogP contribution in [0.3, 0.4) is 0 Å². The van der Waals surface area contributed by atoms with E-state index < -0.39 is 0 Å². The van der Waals surface area contributed by atoms with Gasteiger partial charge in [-0.25, -0.2) is 4.68 Å². The zero-order valence-electron chi connectivity index (χ0n) is 17.1. The van der Waals surface area contributed by atoms with Crippen LogP contribution in [0.1, 0.15) is 17.0 Å². The van der Waals surface area contributed by atoms with Gasteiger partial charge < -0.3 is 10.1 Å². The maximum absolute atomic E-state index is 12.6. The molecule has 3 aromatic rings. The number of amides is 1. The summed E-state index contributed by atoms with van der Waals surface area (Å²) in [6.45, 7) is 4.61. The van der Waals surface area contributed by atoms with Gasteiger partial charge in [-0.15, -0.1) is 0 Å². The van der Waals surface area contributed by atoms with E-state index in [1.807, 2.05) is 72.9 Å². The molecule has 0 fully saturated rings. The average Bonchev–Trinajstić information content (AvgIpc) is 2.97. The van der Waals surface area contributed by atoms with E-state index in [0.717, 1.165) is 34.1 Å². The molecule has 3 rings (SSSR count).